The highest BCUT2D eigenvalue weighted by Gasteiger charge is 2.82. The second-order valence-corrected chi connectivity index (χ2v) is 3.97. The first-order valence-electron chi connectivity index (χ1n) is 4.58. The molecule has 0 heterocycles. The van der Waals surface area contributed by atoms with Gasteiger partial charge in [-0.2, -0.15) is 0 Å². The van der Waals surface area contributed by atoms with E-state index >= 15 is 0 Å². The molecule has 1 aliphatic rings. The zero-order valence-corrected chi connectivity index (χ0v) is 8.08. The molecule has 1 fully saturated rings. The maximum absolute atomic E-state index is 13.4. The summed E-state index contributed by atoms with van der Waals surface area (Å²) in [4.78, 5) is 10.8. The number of carbonyl (C=O) groups is 1. The van der Waals surface area contributed by atoms with Crippen molar-refractivity contribution in [1.29, 1.82) is 0 Å². The van der Waals surface area contributed by atoms with Crippen LogP contribution in [-0.4, -0.2) is 17.0 Å². The first-order chi connectivity index (χ1) is 6.92. The summed E-state index contributed by atoms with van der Waals surface area (Å²) < 4.78 is 26.8. The Labute approximate surface area is 85.5 Å². The Bertz CT molecular complexity index is 402. The van der Waals surface area contributed by atoms with Crippen LogP contribution in [0, 0.1) is 5.41 Å². The highest BCUT2D eigenvalue weighted by molar-refractivity contribution is 5.83. The van der Waals surface area contributed by atoms with E-state index < -0.39 is 23.2 Å². The van der Waals surface area contributed by atoms with Crippen LogP contribution in [-0.2, 0) is 4.79 Å². The molecule has 1 aliphatic carbocycles. The summed E-state index contributed by atoms with van der Waals surface area (Å²) in [5, 5.41) is 8.80. The van der Waals surface area contributed by atoms with Crippen molar-refractivity contribution in [2.24, 2.45) is 5.41 Å². The smallest absolute Gasteiger partial charge is 0.316 e. The molecule has 1 saturated carbocycles. The molecule has 0 aliphatic heterocycles. The quantitative estimate of drug-likeness (QED) is 0.817. The Kier molecular flexibility index (Phi) is 1.87. The molecule has 0 saturated heterocycles. The molecule has 0 spiro atoms. The molecule has 0 amide bonds. The van der Waals surface area contributed by atoms with Crippen LogP contribution in [0.15, 0.2) is 30.3 Å². The molecule has 0 radical (unpaired) electrons. The second kappa shape index (κ2) is 2.78. The van der Waals surface area contributed by atoms with Gasteiger partial charge in [-0.25, -0.2) is 8.78 Å². The molecular formula is C11H10F2O2. The lowest BCUT2D eigenvalue weighted by Crippen LogP contribution is -2.18. The highest BCUT2D eigenvalue weighted by Crippen LogP contribution is 2.71. The SMILES string of the molecule is C[C@@]1(C(=O)O)[C@@H](c2ccccc2)C1(F)F. The van der Waals surface area contributed by atoms with Crippen molar-refractivity contribution in [3.05, 3.63) is 35.9 Å². The number of hydrogen-bond acceptors (Lipinski definition) is 1. The average Bonchev–Trinajstić information content (AvgIpc) is 2.64. The van der Waals surface area contributed by atoms with Gasteiger partial charge in [-0.3, -0.25) is 4.79 Å². The van der Waals surface area contributed by atoms with Crippen LogP contribution in [0.1, 0.15) is 18.4 Å². The van der Waals surface area contributed by atoms with E-state index in [9.17, 15) is 13.6 Å². The summed E-state index contributed by atoms with van der Waals surface area (Å²) in [7, 11) is 0. The molecular weight excluding hydrogens is 202 g/mol. The molecule has 2 rings (SSSR count). The van der Waals surface area contributed by atoms with Crippen LogP contribution in [0.2, 0.25) is 0 Å². The predicted octanol–water partition coefficient (Wildman–Crippen LogP) is 2.51. The van der Waals surface area contributed by atoms with Gasteiger partial charge in [0.2, 0.25) is 0 Å². The van der Waals surface area contributed by atoms with Crippen molar-refractivity contribution in [2.45, 2.75) is 18.8 Å². The number of alkyl halides is 2. The minimum absolute atomic E-state index is 0.382. The van der Waals surface area contributed by atoms with E-state index in [0.717, 1.165) is 6.92 Å². The lowest BCUT2D eigenvalue weighted by Gasteiger charge is -2.01. The fourth-order valence-corrected chi connectivity index (χ4v) is 1.99. The first-order valence-corrected chi connectivity index (χ1v) is 4.58. The first kappa shape index (κ1) is 10.1. The van der Waals surface area contributed by atoms with E-state index in [1.807, 2.05) is 0 Å². The number of halogens is 2. The van der Waals surface area contributed by atoms with Crippen molar-refractivity contribution in [3.63, 3.8) is 0 Å². The molecule has 1 aromatic carbocycles. The van der Waals surface area contributed by atoms with Gasteiger partial charge in [0.25, 0.3) is 5.92 Å². The number of benzene rings is 1. The van der Waals surface area contributed by atoms with Gasteiger partial charge < -0.3 is 5.11 Å². The fraction of sp³-hybridized carbons (Fsp3) is 0.364. The Morgan fingerprint density at radius 2 is 1.87 bits per heavy atom. The Balaban J connectivity index is 2.39. The number of carboxylic acid groups (broad SMARTS) is 1. The number of aliphatic carboxylic acids is 1. The van der Waals surface area contributed by atoms with E-state index in [-0.39, 0.29) is 0 Å². The van der Waals surface area contributed by atoms with Crippen LogP contribution in [0.3, 0.4) is 0 Å². The molecule has 80 valence electrons. The lowest BCUT2D eigenvalue weighted by molar-refractivity contribution is -0.146. The average molecular weight is 212 g/mol. The third kappa shape index (κ3) is 1.11. The maximum Gasteiger partial charge on any atom is 0.316 e. The summed E-state index contributed by atoms with van der Waals surface area (Å²) in [6.45, 7) is 1.09. The van der Waals surface area contributed by atoms with Crippen LogP contribution in [0.25, 0.3) is 0 Å². The minimum atomic E-state index is -3.15. The topological polar surface area (TPSA) is 37.3 Å². The van der Waals surface area contributed by atoms with Crippen LogP contribution < -0.4 is 0 Å². The van der Waals surface area contributed by atoms with Gasteiger partial charge in [-0.1, -0.05) is 30.3 Å². The summed E-state index contributed by atoms with van der Waals surface area (Å²) in [6.07, 6.45) is 0. The number of rotatable bonds is 2. The van der Waals surface area contributed by atoms with Crippen molar-refractivity contribution in [1.82, 2.24) is 0 Å². The van der Waals surface area contributed by atoms with Crippen LogP contribution in [0.5, 0.6) is 0 Å². The molecule has 2 atom stereocenters. The van der Waals surface area contributed by atoms with E-state index in [1.165, 1.54) is 12.1 Å². The summed E-state index contributed by atoms with van der Waals surface area (Å²) in [5.41, 5.74) is -1.57. The van der Waals surface area contributed by atoms with Gasteiger partial charge in [0.05, 0.1) is 5.92 Å². The summed E-state index contributed by atoms with van der Waals surface area (Å²) in [6, 6.07) is 8.04. The fourth-order valence-electron chi connectivity index (χ4n) is 1.99. The highest BCUT2D eigenvalue weighted by atomic mass is 19.3. The molecule has 0 aromatic heterocycles. The van der Waals surface area contributed by atoms with Gasteiger partial charge >= 0.3 is 5.97 Å². The van der Waals surface area contributed by atoms with E-state index in [2.05, 4.69) is 0 Å². The van der Waals surface area contributed by atoms with Crippen molar-refractivity contribution >= 4 is 5.97 Å². The van der Waals surface area contributed by atoms with Crippen LogP contribution >= 0.6 is 0 Å². The Morgan fingerprint density at radius 1 is 1.33 bits per heavy atom. The maximum atomic E-state index is 13.4. The lowest BCUT2D eigenvalue weighted by atomic mass is 10.0. The van der Waals surface area contributed by atoms with E-state index in [4.69, 9.17) is 5.11 Å². The zero-order valence-electron chi connectivity index (χ0n) is 8.08. The minimum Gasteiger partial charge on any atom is -0.481 e. The standard InChI is InChI=1S/C11H10F2O2/c1-10(9(14)15)8(11(10,12)13)7-5-3-2-4-6-7/h2-6,8H,1H3,(H,14,15)/t8-,10+/m1/s1. The molecule has 15 heavy (non-hydrogen) atoms. The number of hydrogen-bond donors (Lipinski definition) is 1. The zero-order chi connectivity index (χ0) is 11.3. The van der Waals surface area contributed by atoms with E-state index in [0.29, 0.717) is 5.56 Å². The van der Waals surface area contributed by atoms with Gasteiger partial charge in [-0.15, -0.1) is 0 Å². The van der Waals surface area contributed by atoms with E-state index in [1.54, 1.807) is 18.2 Å². The largest absolute Gasteiger partial charge is 0.481 e. The Hall–Kier alpha value is -1.45. The monoisotopic (exact) mass is 212 g/mol. The second-order valence-electron chi connectivity index (χ2n) is 3.97. The van der Waals surface area contributed by atoms with Crippen molar-refractivity contribution in [2.75, 3.05) is 0 Å². The third-order valence-electron chi connectivity index (χ3n) is 3.13. The molecule has 1 N–H and O–H groups in total. The molecule has 2 nitrogen and oxygen atoms in total. The number of carboxylic acids is 1. The molecule has 1 aromatic rings. The summed E-state index contributed by atoms with van der Waals surface area (Å²) >= 11 is 0. The Morgan fingerprint density at radius 3 is 2.27 bits per heavy atom. The van der Waals surface area contributed by atoms with Crippen molar-refractivity contribution < 1.29 is 18.7 Å². The van der Waals surface area contributed by atoms with Gasteiger partial charge in [0, 0.05) is 0 Å². The van der Waals surface area contributed by atoms with Gasteiger partial charge in [-0.05, 0) is 12.5 Å². The third-order valence-corrected chi connectivity index (χ3v) is 3.13. The molecule has 0 unspecified atom stereocenters. The predicted molar refractivity (Wildman–Crippen MR) is 49.9 cm³/mol. The molecule has 4 heteroatoms. The molecule has 0 bridgehead atoms. The van der Waals surface area contributed by atoms with Gasteiger partial charge in [0.15, 0.2) is 0 Å². The summed E-state index contributed by atoms with van der Waals surface area (Å²) in [5.74, 6) is -5.80. The van der Waals surface area contributed by atoms with Crippen LogP contribution in [0.4, 0.5) is 8.78 Å². The van der Waals surface area contributed by atoms with Crippen molar-refractivity contribution in [3.8, 4) is 0 Å². The normalized spacial score (nSPS) is 32.3. The van der Waals surface area contributed by atoms with Gasteiger partial charge in [0.1, 0.15) is 5.41 Å².